The topological polar surface area (TPSA) is 44.8 Å². The Hall–Kier alpha value is -1.55. The number of methoxy groups -OCH3 is 2. The van der Waals surface area contributed by atoms with Gasteiger partial charge in [-0.3, -0.25) is 0 Å². The van der Waals surface area contributed by atoms with Crippen molar-refractivity contribution in [3.63, 3.8) is 0 Å². The Labute approximate surface area is 101 Å². The summed E-state index contributed by atoms with van der Waals surface area (Å²) in [5.74, 6) is 0.394. The lowest BCUT2D eigenvalue weighted by molar-refractivity contribution is 0.0600. The van der Waals surface area contributed by atoms with Crippen LogP contribution in [0.2, 0.25) is 0 Å². The number of rotatable bonds is 6. The van der Waals surface area contributed by atoms with Crippen molar-refractivity contribution in [3.8, 4) is 5.75 Å². The average Bonchev–Trinajstić information content (AvgIpc) is 2.36. The van der Waals surface area contributed by atoms with Gasteiger partial charge in [0.25, 0.3) is 0 Å². The van der Waals surface area contributed by atoms with Crippen LogP contribution in [0.5, 0.6) is 5.75 Å². The number of benzene rings is 1. The zero-order chi connectivity index (χ0) is 12.7. The number of hydrogen-bond donors (Lipinski definition) is 0. The zero-order valence-electron chi connectivity index (χ0n) is 10.4. The molecule has 0 fully saturated rings. The van der Waals surface area contributed by atoms with E-state index in [-0.39, 0.29) is 12.1 Å². The Bertz CT molecular complexity index is 345. The van der Waals surface area contributed by atoms with Crippen LogP contribution in [0.15, 0.2) is 24.3 Å². The van der Waals surface area contributed by atoms with Crippen molar-refractivity contribution in [1.82, 2.24) is 0 Å². The SMILES string of the molecule is COCCC(C)Oc1ccc(C(=O)OC)cc1. The Morgan fingerprint density at radius 1 is 1.24 bits per heavy atom. The Morgan fingerprint density at radius 2 is 1.88 bits per heavy atom. The van der Waals surface area contributed by atoms with Crippen LogP contribution < -0.4 is 4.74 Å². The molecule has 4 heteroatoms. The van der Waals surface area contributed by atoms with Gasteiger partial charge in [0.2, 0.25) is 0 Å². The number of ether oxygens (including phenoxy) is 3. The first-order valence-electron chi connectivity index (χ1n) is 5.51. The maximum atomic E-state index is 11.2. The van der Waals surface area contributed by atoms with E-state index in [0.717, 1.165) is 12.2 Å². The molecule has 0 saturated heterocycles. The van der Waals surface area contributed by atoms with Crippen molar-refractivity contribution in [1.29, 1.82) is 0 Å². The van der Waals surface area contributed by atoms with Gasteiger partial charge in [-0.2, -0.15) is 0 Å². The summed E-state index contributed by atoms with van der Waals surface area (Å²) in [6.07, 6.45) is 0.911. The van der Waals surface area contributed by atoms with Crippen LogP contribution in [0.1, 0.15) is 23.7 Å². The molecule has 0 heterocycles. The molecule has 0 aliphatic rings. The van der Waals surface area contributed by atoms with Gasteiger partial charge in [0, 0.05) is 20.1 Å². The Balaban J connectivity index is 2.53. The van der Waals surface area contributed by atoms with Crippen LogP contribution in [-0.2, 0) is 9.47 Å². The van der Waals surface area contributed by atoms with Crippen molar-refractivity contribution < 1.29 is 19.0 Å². The summed E-state index contributed by atoms with van der Waals surface area (Å²) in [7, 11) is 3.03. The number of carbonyl (C=O) groups excluding carboxylic acids is 1. The number of hydrogen-bond acceptors (Lipinski definition) is 4. The van der Waals surface area contributed by atoms with Crippen molar-refractivity contribution in [2.45, 2.75) is 19.4 Å². The van der Waals surface area contributed by atoms with Crippen molar-refractivity contribution in [2.24, 2.45) is 0 Å². The van der Waals surface area contributed by atoms with Gasteiger partial charge in [-0.25, -0.2) is 4.79 Å². The highest BCUT2D eigenvalue weighted by molar-refractivity contribution is 5.89. The van der Waals surface area contributed by atoms with Gasteiger partial charge in [-0.05, 0) is 31.2 Å². The molecule has 1 rings (SSSR count). The molecule has 1 aromatic rings. The van der Waals surface area contributed by atoms with Crippen LogP contribution in [0.25, 0.3) is 0 Å². The van der Waals surface area contributed by atoms with E-state index in [1.54, 1.807) is 31.4 Å². The molecule has 4 nitrogen and oxygen atoms in total. The normalized spacial score (nSPS) is 11.9. The lowest BCUT2D eigenvalue weighted by atomic mass is 10.2. The third-order valence-electron chi connectivity index (χ3n) is 2.34. The molecule has 0 N–H and O–H groups in total. The minimum Gasteiger partial charge on any atom is -0.491 e. The summed E-state index contributed by atoms with van der Waals surface area (Å²) in [5, 5.41) is 0. The van der Waals surface area contributed by atoms with Crippen LogP contribution in [0, 0.1) is 0 Å². The molecule has 0 amide bonds. The van der Waals surface area contributed by atoms with Gasteiger partial charge in [0.05, 0.1) is 18.8 Å². The molecule has 94 valence electrons. The molecule has 0 aliphatic heterocycles. The van der Waals surface area contributed by atoms with E-state index in [0.29, 0.717) is 12.2 Å². The summed E-state index contributed by atoms with van der Waals surface area (Å²) in [6.45, 7) is 2.65. The van der Waals surface area contributed by atoms with Crippen molar-refractivity contribution in [3.05, 3.63) is 29.8 Å². The van der Waals surface area contributed by atoms with E-state index >= 15 is 0 Å². The van der Waals surface area contributed by atoms with E-state index in [1.807, 2.05) is 6.92 Å². The summed E-state index contributed by atoms with van der Waals surface area (Å²) < 4.78 is 15.2. The second kappa shape index (κ2) is 6.91. The Kier molecular flexibility index (Phi) is 5.49. The standard InChI is InChI=1S/C13H18O4/c1-10(8-9-15-2)17-12-6-4-11(5-7-12)13(14)16-3/h4-7,10H,8-9H2,1-3H3. The quantitative estimate of drug-likeness (QED) is 0.713. The number of esters is 1. The smallest absolute Gasteiger partial charge is 0.337 e. The fourth-order valence-electron chi connectivity index (χ4n) is 1.36. The first-order valence-corrected chi connectivity index (χ1v) is 5.51. The van der Waals surface area contributed by atoms with E-state index in [4.69, 9.17) is 9.47 Å². The monoisotopic (exact) mass is 238 g/mol. The average molecular weight is 238 g/mol. The highest BCUT2D eigenvalue weighted by Crippen LogP contribution is 2.15. The molecule has 0 saturated carbocycles. The van der Waals surface area contributed by atoms with Gasteiger partial charge in [0.1, 0.15) is 5.75 Å². The van der Waals surface area contributed by atoms with Gasteiger partial charge in [-0.15, -0.1) is 0 Å². The van der Waals surface area contributed by atoms with E-state index < -0.39 is 0 Å². The van der Waals surface area contributed by atoms with Crippen LogP contribution >= 0.6 is 0 Å². The fourth-order valence-corrected chi connectivity index (χ4v) is 1.36. The maximum absolute atomic E-state index is 11.2. The van der Waals surface area contributed by atoms with Gasteiger partial charge in [-0.1, -0.05) is 0 Å². The zero-order valence-corrected chi connectivity index (χ0v) is 10.4. The van der Waals surface area contributed by atoms with Crippen LogP contribution in [-0.4, -0.2) is 32.9 Å². The van der Waals surface area contributed by atoms with Gasteiger partial charge >= 0.3 is 5.97 Å². The summed E-state index contributed by atoms with van der Waals surface area (Å²) >= 11 is 0. The van der Waals surface area contributed by atoms with E-state index in [9.17, 15) is 4.79 Å². The molecule has 0 aromatic heterocycles. The van der Waals surface area contributed by atoms with E-state index in [2.05, 4.69) is 4.74 Å². The largest absolute Gasteiger partial charge is 0.491 e. The lowest BCUT2D eigenvalue weighted by Gasteiger charge is -2.14. The predicted octanol–water partition coefficient (Wildman–Crippen LogP) is 2.28. The molecule has 17 heavy (non-hydrogen) atoms. The van der Waals surface area contributed by atoms with Gasteiger partial charge in [0.15, 0.2) is 0 Å². The van der Waals surface area contributed by atoms with Crippen molar-refractivity contribution in [2.75, 3.05) is 20.8 Å². The molecule has 0 aliphatic carbocycles. The predicted molar refractivity (Wildman–Crippen MR) is 64.4 cm³/mol. The molecule has 1 atom stereocenters. The molecule has 0 spiro atoms. The summed E-state index contributed by atoms with van der Waals surface area (Å²) in [5.41, 5.74) is 0.518. The molecular formula is C13H18O4. The second-order valence-electron chi connectivity index (χ2n) is 3.73. The molecular weight excluding hydrogens is 220 g/mol. The first-order chi connectivity index (χ1) is 8.17. The fraction of sp³-hybridized carbons (Fsp3) is 0.462. The van der Waals surface area contributed by atoms with E-state index in [1.165, 1.54) is 7.11 Å². The van der Waals surface area contributed by atoms with Crippen molar-refractivity contribution >= 4 is 5.97 Å². The summed E-state index contributed by atoms with van der Waals surface area (Å²) in [6, 6.07) is 6.89. The minimum atomic E-state index is -0.344. The number of carbonyl (C=O) groups is 1. The van der Waals surface area contributed by atoms with Crippen LogP contribution in [0.3, 0.4) is 0 Å². The first kappa shape index (κ1) is 13.5. The Morgan fingerprint density at radius 3 is 2.41 bits per heavy atom. The second-order valence-corrected chi connectivity index (χ2v) is 3.73. The third-order valence-corrected chi connectivity index (χ3v) is 2.34. The highest BCUT2D eigenvalue weighted by atomic mass is 16.5. The molecule has 0 bridgehead atoms. The lowest BCUT2D eigenvalue weighted by Crippen LogP contribution is -2.14. The molecule has 0 radical (unpaired) electrons. The third kappa shape index (κ3) is 4.44. The summed E-state index contributed by atoms with van der Waals surface area (Å²) in [4.78, 5) is 11.2. The van der Waals surface area contributed by atoms with Gasteiger partial charge < -0.3 is 14.2 Å². The minimum absolute atomic E-state index is 0.0823. The molecule has 1 aromatic carbocycles. The highest BCUT2D eigenvalue weighted by Gasteiger charge is 2.07. The molecule has 1 unspecified atom stereocenters. The maximum Gasteiger partial charge on any atom is 0.337 e. The van der Waals surface area contributed by atoms with Crippen LogP contribution in [0.4, 0.5) is 0 Å².